The summed E-state index contributed by atoms with van der Waals surface area (Å²) in [5.41, 5.74) is 3.70. The molecule has 0 saturated carbocycles. The van der Waals surface area contributed by atoms with E-state index in [2.05, 4.69) is 5.32 Å². The van der Waals surface area contributed by atoms with Crippen LogP contribution in [-0.4, -0.2) is 44.3 Å². The minimum atomic E-state index is -4.15. The Morgan fingerprint density at radius 1 is 0.814 bits per heavy atom. The molecule has 0 heterocycles. The Bertz CT molecular complexity index is 1640. The van der Waals surface area contributed by atoms with Gasteiger partial charge in [0.1, 0.15) is 12.6 Å². The number of carbonyl (C=O) groups excluding carboxylic acids is 2. The van der Waals surface area contributed by atoms with E-state index < -0.39 is 28.5 Å². The first-order valence-corrected chi connectivity index (χ1v) is 15.9. The van der Waals surface area contributed by atoms with E-state index in [1.54, 1.807) is 54.6 Å². The second-order valence-electron chi connectivity index (χ2n) is 10.4. The first kappa shape index (κ1) is 31.8. The molecule has 0 fully saturated rings. The molecule has 224 valence electrons. The van der Waals surface area contributed by atoms with Gasteiger partial charge in [-0.25, -0.2) is 8.42 Å². The summed E-state index contributed by atoms with van der Waals surface area (Å²) in [6.07, 6.45) is 0.234. The van der Waals surface area contributed by atoms with Gasteiger partial charge in [-0.3, -0.25) is 13.9 Å². The number of benzene rings is 4. The number of rotatable bonds is 12. The number of aryl methyl sites for hydroxylation is 2. The van der Waals surface area contributed by atoms with Crippen molar-refractivity contribution in [1.82, 2.24) is 10.2 Å². The normalized spacial score (nSPS) is 11.9. The van der Waals surface area contributed by atoms with Crippen LogP contribution >= 0.6 is 11.6 Å². The van der Waals surface area contributed by atoms with Crippen LogP contribution in [0.15, 0.2) is 108 Å². The summed E-state index contributed by atoms with van der Waals surface area (Å²) in [7, 11) is -4.15. The second-order valence-corrected chi connectivity index (χ2v) is 12.6. The molecule has 4 aromatic rings. The van der Waals surface area contributed by atoms with Gasteiger partial charge in [0, 0.05) is 24.5 Å². The first-order chi connectivity index (χ1) is 20.6. The van der Waals surface area contributed by atoms with Crippen molar-refractivity contribution in [1.29, 1.82) is 0 Å². The molecule has 1 N–H and O–H groups in total. The second kappa shape index (κ2) is 14.4. The number of likely N-dealkylation sites (N-methyl/N-ethyl adjacent to an activating group) is 1. The molecule has 9 heteroatoms. The van der Waals surface area contributed by atoms with E-state index in [0.29, 0.717) is 22.8 Å². The fraction of sp³-hybridized carbons (Fsp3) is 0.235. The van der Waals surface area contributed by atoms with E-state index in [-0.39, 0.29) is 23.8 Å². The number of hydrogen-bond donors (Lipinski definition) is 1. The lowest BCUT2D eigenvalue weighted by Gasteiger charge is -2.34. The molecule has 0 aliphatic rings. The van der Waals surface area contributed by atoms with Crippen molar-refractivity contribution in [2.24, 2.45) is 0 Å². The van der Waals surface area contributed by atoms with Gasteiger partial charge in [-0.1, -0.05) is 95.5 Å². The summed E-state index contributed by atoms with van der Waals surface area (Å²) in [4.78, 5) is 29.4. The number of sulfonamides is 1. The van der Waals surface area contributed by atoms with Gasteiger partial charge >= 0.3 is 0 Å². The van der Waals surface area contributed by atoms with Gasteiger partial charge in [0.05, 0.1) is 10.6 Å². The Balaban J connectivity index is 1.80. The number of amides is 2. The van der Waals surface area contributed by atoms with Crippen molar-refractivity contribution in [3.8, 4) is 0 Å². The summed E-state index contributed by atoms with van der Waals surface area (Å²) in [6, 6.07) is 29.1. The maximum absolute atomic E-state index is 14.4. The molecule has 0 radical (unpaired) electrons. The molecule has 0 aliphatic heterocycles. The van der Waals surface area contributed by atoms with Crippen LogP contribution in [0.2, 0.25) is 5.02 Å². The van der Waals surface area contributed by atoms with Crippen molar-refractivity contribution in [3.63, 3.8) is 0 Å². The molecular formula is C34H36ClN3O4S. The van der Waals surface area contributed by atoms with Crippen molar-refractivity contribution in [2.75, 3.05) is 17.4 Å². The van der Waals surface area contributed by atoms with Crippen molar-refractivity contribution in [3.05, 3.63) is 130 Å². The van der Waals surface area contributed by atoms with Crippen LogP contribution in [0, 0.1) is 13.8 Å². The molecular weight excluding hydrogens is 582 g/mol. The average molecular weight is 618 g/mol. The standard InChI is InChI=1S/C34H36ClN3O4S/c1-4-36-34(40)32(22-27-10-6-5-7-11-27)37(23-28-12-8-9-13-31(28)35)33(39)24-38(29-18-14-25(2)15-19-29)43(41,42)30-20-16-26(3)17-21-30/h5-21,32H,4,22-24H2,1-3H3,(H,36,40). The highest BCUT2D eigenvalue weighted by atomic mass is 35.5. The van der Waals surface area contributed by atoms with Gasteiger partial charge in [0.2, 0.25) is 11.8 Å². The molecule has 1 atom stereocenters. The fourth-order valence-electron chi connectivity index (χ4n) is 4.73. The highest BCUT2D eigenvalue weighted by Crippen LogP contribution is 2.26. The highest BCUT2D eigenvalue weighted by Gasteiger charge is 2.34. The van der Waals surface area contributed by atoms with E-state index in [1.165, 1.54) is 17.0 Å². The predicted molar refractivity (Wildman–Crippen MR) is 172 cm³/mol. The SMILES string of the molecule is CCNC(=O)C(Cc1ccccc1)N(Cc1ccccc1Cl)C(=O)CN(c1ccc(C)cc1)S(=O)(=O)c1ccc(C)cc1. The summed E-state index contributed by atoms with van der Waals surface area (Å²) in [5, 5.41) is 3.30. The predicted octanol–water partition coefficient (Wildman–Crippen LogP) is 5.93. The molecule has 4 rings (SSSR count). The maximum atomic E-state index is 14.4. The van der Waals surface area contributed by atoms with Crippen LogP contribution in [0.25, 0.3) is 0 Å². The van der Waals surface area contributed by atoms with Crippen molar-refractivity contribution >= 4 is 39.1 Å². The van der Waals surface area contributed by atoms with E-state index in [4.69, 9.17) is 11.6 Å². The third kappa shape index (κ3) is 8.03. The highest BCUT2D eigenvalue weighted by molar-refractivity contribution is 7.92. The van der Waals surface area contributed by atoms with Gasteiger partial charge in [0.25, 0.3) is 10.0 Å². The van der Waals surface area contributed by atoms with E-state index in [0.717, 1.165) is 21.0 Å². The number of nitrogens with zero attached hydrogens (tertiary/aromatic N) is 2. The quantitative estimate of drug-likeness (QED) is 0.214. The Kier molecular flexibility index (Phi) is 10.6. The van der Waals surface area contributed by atoms with Gasteiger partial charge in [0.15, 0.2) is 0 Å². The van der Waals surface area contributed by atoms with Crippen molar-refractivity contribution in [2.45, 2.75) is 44.7 Å². The number of hydrogen-bond acceptors (Lipinski definition) is 4. The zero-order chi connectivity index (χ0) is 31.0. The topological polar surface area (TPSA) is 86.8 Å². The lowest BCUT2D eigenvalue weighted by atomic mass is 10.0. The minimum absolute atomic E-state index is 0.0134. The summed E-state index contributed by atoms with van der Waals surface area (Å²) < 4.78 is 29.2. The summed E-state index contributed by atoms with van der Waals surface area (Å²) in [6.45, 7) is 5.45. The monoisotopic (exact) mass is 617 g/mol. The lowest BCUT2D eigenvalue weighted by molar-refractivity contribution is -0.140. The largest absolute Gasteiger partial charge is 0.355 e. The molecule has 0 aliphatic carbocycles. The molecule has 0 aromatic heterocycles. The molecule has 7 nitrogen and oxygen atoms in total. The molecule has 4 aromatic carbocycles. The molecule has 0 bridgehead atoms. The number of anilines is 1. The fourth-order valence-corrected chi connectivity index (χ4v) is 6.34. The minimum Gasteiger partial charge on any atom is -0.355 e. The zero-order valence-corrected chi connectivity index (χ0v) is 26.1. The number of halogens is 1. The van der Waals surface area contributed by atoms with Crippen LogP contribution in [0.3, 0.4) is 0 Å². The lowest BCUT2D eigenvalue weighted by Crippen LogP contribution is -2.53. The zero-order valence-electron chi connectivity index (χ0n) is 24.5. The third-order valence-electron chi connectivity index (χ3n) is 7.13. The summed E-state index contributed by atoms with van der Waals surface area (Å²) >= 11 is 6.52. The van der Waals surface area contributed by atoms with Gasteiger partial charge in [-0.15, -0.1) is 0 Å². The maximum Gasteiger partial charge on any atom is 0.264 e. The first-order valence-electron chi connectivity index (χ1n) is 14.1. The Morgan fingerprint density at radius 2 is 1.40 bits per heavy atom. The van der Waals surface area contributed by atoms with E-state index >= 15 is 0 Å². The third-order valence-corrected chi connectivity index (χ3v) is 9.29. The molecule has 0 spiro atoms. The van der Waals surface area contributed by atoms with E-state index in [1.807, 2.05) is 57.2 Å². The molecule has 2 amide bonds. The van der Waals surface area contributed by atoms with Crippen LogP contribution in [0.4, 0.5) is 5.69 Å². The van der Waals surface area contributed by atoms with Crippen LogP contribution in [-0.2, 0) is 32.6 Å². The van der Waals surface area contributed by atoms with E-state index in [9.17, 15) is 18.0 Å². The number of carbonyl (C=O) groups is 2. The Labute approximate surface area is 259 Å². The Hall–Kier alpha value is -4.14. The van der Waals surface area contributed by atoms with Crippen molar-refractivity contribution < 1.29 is 18.0 Å². The van der Waals surface area contributed by atoms with Gasteiger partial charge < -0.3 is 10.2 Å². The van der Waals surface area contributed by atoms with Gasteiger partial charge in [-0.2, -0.15) is 0 Å². The summed E-state index contributed by atoms with van der Waals surface area (Å²) in [5.74, 6) is -0.876. The van der Waals surface area contributed by atoms with Gasteiger partial charge in [-0.05, 0) is 62.2 Å². The molecule has 0 saturated heterocycles. The number of nitrogens with one attached hydrogen (secondary N) is 1. The van der Waals surface area contributed by atoms with Crippen LogP contribution in [0.1, 0.15) is 29.2 Å². The average Bonchev–Trinajstić information content (AvgIpc) is 3.00. The van der Waals surface area contributed by atoms with Crippen LogP contribution in [0.5, 0.6) is 0 Å². The smallest absolute Gasteiger partial charge is 0.264 e. The Morgan fingerprint density at radius 3 is 2.00 bits per heavy atom. The molecule has 43 heavy (non-hydrogen) atoms. The molecule has 1 unspecified atom stereocenters. The van der Waals surface area contributed by atoms with Crippen LogP contribution < -0.4 is 9.62 Å².